The molecule has 3 rings (SSSR count). The first-order valence-corrected chi connectivity index (χ1v) is 8.03. The molecule has 23 heavy (non-hydrogen) atoms. The van der Waals surface area contributed by atoms with Crippen LogP contribution in [0.15, 0.2) is 34.9 Å². The largest absolute Gasteiger partial charge is 0.497 e. The summed E-state index contributed by atoms with van der Waals surface area (Å²) >= 11 is 0. The Kier molecular flexibility index (Phi) is 4.65. The maximum absolute atomic E-state index is 12.6. The molecule has 0 N–H and O–H groups in total. The summed E-state index contributed by atoms with van der Waals surface area (Å²) in [6.07, 6.45) is 3.23. The number of carbonyl (C=O) groups is 1. The predicted molar refractivity (Wildman–Crippen MR) is 86.2 cm³/mol. The van der Waals surface area contributed by atoms with E-state index in [9.17, 15) is 4.79 Å². The Morgan fingerprint density at radius 3 is 2.83 bits per heavy atom. The smallest absolute Gasteiger partial charge is 0.223 e. The highest BCUT2D eigenvalue weighted by Gasteiger charge is 2.31. The van der Waals surface area contributed by atoms with Gasteiger partial charge in [0.05, 0.1) is 13.2 Å². The Hall–Kier alpha value is -2.30. The molecule has 2 aromatic rings. The second-order valence-electron chi connectivity index (χ2n) is 5.96. The number of aryl methyl sites for hydroxylation is 2. The summed E-state index contributed by atoms with van der Waals surface area (Å²) in [6, 6.07) is 9.87. The highest BCUT2D eigenvalue weighted by molar-refractivity contribution is 5.77. The Balaban J connectivity index is 1.60. The molecular weight excluding hydrogens is 292 g/mol. The Morgan fingerprint density at radius 1 is 1.39 bits per heavy atom. The van der Waals surface area contributed by atoms with Crippen molar-refractivity contribution in [3.05, 3.63) is 47.3 Å². The summed E-state index contributed by atoms with van der Waals surface area (Å²) in [5, 5.41) is 4.09. The van der Waals surface area contributed by atoms with Gasteiger partial charge in [0.25, 0.3) is 0 Å². The van der Waals surface area contributed by atoms with Gasteiger partial charge < -0.3 is 14.2 Å². The van der Waals surface area contributed by atoms with E-state index in [0.717, 1.165) is 48.6 Å². The molecule has 0 spiro atoms. The van der Waals surface area contributed by atoms with Gasteiger partial charge in [0.15, 0.2) is 0 Å². The van der Waals surface area contributed by atoms with Gasteiger partial charge in [-0.05, 0) is 43.9 Å². The summed E-state index contributed by atoms with van der Waals surface area (Å²) in [4.78, 5) is 14.5. The lowest BCUT2D eigenvalue weighted by molar-refractivity contribution is -0.132. The number of hydrogen-bond donors (Lipinski definition) is 0. The van der Waals surface area contributed by atoms with E-state index in [-0.39, 0.29) is 11.9 Å². The third-order valence-electron chi connectivity index (χ3n) is 4.35. The maximum Gasteiger partial charge on any atom is 0.223 e. The quantitative estimate of drug-likeness (QED) is 0.850. The molecule has 122 valence electrons. The van der Waals surface area contributed by atoms with Gasteiger partial charge in [-0.15, -0.1) is 0 Å². The molecule has 0 saturated carbocycles. The molecule has 2 heterocycles. The number of ether oxygens (including phenoxy) is 1. The Bertz CT molecular complexity index is 663. The number of carbonyl (C=O) groups excluding carboxylic acids is 1. The van der Waals surface area contributed by atoms with Gasteiger partial charge in [0.2, 0.25) is 5.91 Å². The van der Waals surface area contributed by atoms with Crippen LogP contribution in [0.1, 0.15) is 42.3 Å². The number of nitrogens with zero attached hydrogens (tertiary/aromatic N) is 2. The molecule has 1 aromatic heterocycles. The van der Waals surface area contributed by atoms with E-state index in [2.05, 4.69) is 5.16 Å². The number of benzene rings is 1. The Morgan fingerprint density at radius 2 is 2.17 bits per heavy atom. The second kappa shape index (κ2) is 6.86. The van der Waals surface area contributed by atoms with Gasteiger partial charge in [0.1, 0.15) is 17.2 Å². The molecule has 0 unspecified atom stereocenters. The fourth-order valence-corrected chi connectivity index (χ4v) is 3.10. The minimum atomic E-state index is 0.0656. The predicted octanol–water partition coefficient (Wildman–Crippen LogP) is 3.29. The third-order valence-corrected chi connectivity index (χ3v) is 4.35. The van der Waals surface area contributed by atoms with E-state index < -0.39 is 0 Å². The van der Waals surface area contributed by atoms with Gasteiger partial charge in [-0.3, -0.25) is 4.79 Å². The number of amides is 1. The molecule has 5 nitrogen and oxygen atoms in total. The first kappa shape index (κ1) is 15.6. The van der Waals surface area contributed by atoms with Crippen LogP contribution in [-0.4, -0.2) is 29.6 Å². The van der Waals surface area contributed by atoms with Crippen LogP contribution in [-0.2, 0) is 11.2 Å². The van der Waals surface area contributed by atoms with Crippen molar-refractivity contribution in [2.75, 3.05) is 13.7 Å². The molecule has 1 atom stereocenters. The van der Waals surface area contributed by atoms with Gasteiger partial charge in [-0.25, -0.2) is 0 Å². The zero-order chi connectivity index (χ0) is 16.2. The van der Waals surface area contributed by atoms with Crippen molar-refractivity contribution in [2.45, 2.75) is 38.6 Å². The number of hydrogen-bond acceptors (Lipinski definition) is 4. The molecule has 1 aromatic carbocycles. The number of methoxy groups -OCH3 is 1. The molecular formula is C18H22N2O3. The van der Waals surface area contributed by atoms with Crippen LogP contribution < -0.4 is 4.74 Å². The highest BCUT2D eigenvalue weighted by atomic mass is 16.5. The summed E-state index contributed by atoms with van der Waals surface area (Å²) in [5.41, 5.74) is 2.02. The molecule has 1 amide bonds. The first-order valence-electron chi connectivity index (χ1n) is 8.03. The number of aromatic nitrogens is 1. The van der Waals surface area contributed by atoms with Crippen molar-refractivity contribution in [1.82, 2.24) is 10.1 Å². The van der Waals surface area contributed by atoms with Crippen molar-refractivity contribution < 1.29 is 14.1 Å². The fourth-order valence-electron chi connectivity index (χ4n) is 3.10. The molecule has 5 heteroatoms. The molecule has 1 fully saturated rings. The second-order valence-corrected chi connectivity index (χ2v) is 5.96. The highest BCUT2D eigenvalue weighted by Crippen LogP contribution is 2.32. The van der Waals surface area contributed by atoms with Crippen LogP contribution in [0.4, 0.5) is 0 Å². The minimum absolute atomic E-state index is 0.0656. The average molecular weight is 314 g/mol. The van der Waals surface area contributed by atoms with E-state index in [1.54, 1.807) is 7.11 Å². The lowest BCUT2D eigenvalue weighted by Gasteiger charge is -2.23. The van der Waals surface area contributed by atoms with Gasteiger partial charge in [0, 0.05) is 19.0 Å². The van der Waals surface area contributed by atoms with E-state index in [1.807, 2.05) is 42.2 Å². The van der Waals surface area contributed by atoms with E-state index in [1.165, 1.54) is 0 Å². The van der Waals surface area contributed by atoms with Crippen LogP contribution in [0, 0.1) is 6.92 Å². The van der Waals surface area contributed by atoms with Crippen molar-refractivity contribution in [2.24, 2.45) is 0 Å². The van der Waals surface area contributed by atoms with E-state index >= 15 is 0 Å². The first-order chi connectivity index (χ1) is 11.2. The lowest BCUT2D eigenvalue weighted by atomic mass is 10.1. The molecule has 1 aliphatic heterocycles. The summed E-state index contributed by atoms with van der Waals surface area (Å²) in [5.74, 6) is 1.81. The van der Waals surface area contributed by atoms with Crippen LogP contribution in [0.25, 0.3) is 0 Å². The van der Waals surface area contributed by atoms with Crippen LogP contribution in [0.2, 0.25) is 0 Å². The number of rotatable bonds is 5. The zero-order valence-electron chi connectivity index (χ0n) is 13.6. The molecule has 0 bridgehead atoms. The van der Waals surface area contributed by atoms with E-state index in [0.29, 0.717) is 6.42 Å². The van der Waals surface area contributed by atoms with Gasteiger partial charge >= 0.3 is 0 Å². The minimum Gasteiger partial charge on any atom is -0.497 e. The standard InChI is InChI=1S/C18H22N2O3/c1-13-12-16(19-23-13)17-4-3-11-20(17)18(21)10-7-14-5-8-15(22-2)9-6-14/h5-6,8-9,12,17H,3-4,7,10-11H2,1-2H3/t17-/m1/s1. The lowest BCUT2D eigenvalue weighted by Crippen LogP contribution is -2.30. The summed E-state index contributed by atoms with van der Waals surface area (Å²) in [7, 11) is 1.65. The van der Waals surface area contributed by atoms with E-state index in [4.69, 9.17) is 9.26 Å². The van der Waals surface area contributed by atoms with Crippen molar-refractivity contribution in [1.29, 1.82) is 0 Å². The summed E-state index contributed by atoms with van der Waals surface area (Å²) < 4.78 is 10.3. The zero-order valence-corrected chi connectivity index (χ0v) is 13.6. The van der Waals surface area contributed by atoms with Crippen molar-refractivity contribution >= 4 is 5.91 Å². The third kappa shape index (κ3) is 3.55. The molecule has 0 aliphatic carbocycles. The molecule has 1 saturated heterocycles. The Labute approximate surface area is 136 Å². The van der Waals surface area contributed by atoms with Crippen LogP contribution >= 0.6 is 0 Å². The average Bonchev–Trinajstić information content (AvgIpc) is 3.21. The normalized spacial score (nSPS) is 17.5. The monoisotopic (exact) mass is 314 g/mol. The maximum atomic E-state index is 12.6. The summed E-state index contributed by atoms with van der Waals surface area (Å²) in [6.45, 7) is 2.68. The van der Waals surface area contributed by atoms with Crippen LogP contribution in [0.5, 0.6) is 5.75 Å². The van der Waals surface area contributed by atoms with Crippen molar-refractivity contribution in [3.8, 4) is 5.75 Å². The van der Waals surface area contributed by atoms with Gasteiger partial charge in [-0.2, -0.15) is 0 Å². The van der Waals surface area contributed by atoms with Gasteiger partial charge in [-0.1, -0.05) is 17.3 Å². The van der Waals surface area contributed by atoms with Crippen molar-refractivity contribution in [3.63, 3.8) is 0 Å². The SMILES string of the molecule is COc1ccc(CCC(=O)N2CCC[C@@H]2c2cc(C)on2)cc1. The topological polar surface area (TPSA) is 55.6 Å². The molecule has 0 radical (unpaired) electrons. The van der Waals surface area contributed by atoms with Crippen LogP contribution in [0.3, 0.4) is 0 Å². The molecule has 1 aliphatic rings. The number of likely N-dealkylation sites (tertiary alicyclic amines) is 1. The fraction of sp³-hybridized carbons (Fsp3) is 0.444.